The van der Waals surface area contributed by atoms with Crippen molar-refractivity contribution in [2.75, 3.05) is 12.4 Å². The van der Waals surface area contributed by atoms with Gasteiger partial charge in [-0.25, -0.2) is 4.79 Å². The summed E-state index contributed by atoms with van der Waals surface area (Å²) in [6, 6.07) is 1.72. The van der Waals surface area contributed by atoms with Crippen molar-refractivity contribution in [1.29, 1.82) is 0 Å². The van der Waals surface area contributed by atoms with Crippen LogP contribution in [0.5, 0.6) is 0 Å². The molecule has 3 unspecified atom stereocenters. The zero-order valence-corrected chi connectivity index (χ0v) is 17.1. The lowest BCUT2D eigenvalue weighted by molar-refractivity contribution is -0.151. The van der Waals surface area contributed by atoms with Crippen molar-refractivity contribution in [2.24, 2.45) is 0 Å². The second-order valence-electron chi connectivity index (χ2n) is 6.43. The highest BCUT2D eigenvalue weighted by atomic mass is 32.2. The molecule has 3 rings (SSSR count). The number of carbonyl (C=O) groups is 4. The van der Waals surface area contributed by atoms with E-state index in [2.05, 4.69) is 5.32 Å². The fourth-order valence-corrected chi connectivity index (χ4v) is 5.25. The van der Waals surface area contributed by atoms with Crippen LogP contribution in [0.4, 0.5) is 0 Å². The van der Waals surface area contributed by atoms with E-state index >= 15 is 0 Å². The number of amides is 2. The number of hydrogen-bond acceptors (Lipinski definition) is 8. The first-order chi connectivity index (χ1) is 14.0. The number of hydrogen-bond donors (Lipinski definition) is 3. The summed E-state index contributed by atoms with van der Waals surface area (Å²) in [5.74, 6) is -3.79. The predicted molar refractivity (Wildman–Crippen MR) is 101 cm³/mol. The van der Waals surface area contributed by atoms with Crippen molar-refractivity contribution < 1.29 is 42.0 Å². The molecule has 0 aliphatic carbocycles. The van der Waals surface area contributed by atoms with E-state index in [1.54, 1.807) is 0 Å². The van der Waals surface area contributed by atoms with Crippen LogP contribution >= 0.6 is 11.8 Å². The number of β-lactam (4-membered cyclic amide) rings is 1. The van der Waals surface area contributed by atoms with Crippen LogP contribution in [-0.2, 0) is 34.0 Å². The molecule has 0 spiro atoms. The van der Waals surface area contributed by atoms with E-state index in [9.17, 15) is 37.3 Å². The number of ether oxygens (including phenoxy) is 1. The van der Waals surface area contributed by atoms with Crippen LogP contribution in [0.15, 0.2) is 35.8 Å². The summed E-state index contributed by atoms with van der Waals surface area (Å²) in [5.41, 5.74) is -0.118. The minimum atomic E-state index is -4.84. The largest absolute Gasteiger partial charge is 0.477 e. The van der Waals surface area contributed by atoms with Gasteiger partial charge in [0.2, 0.25) is 5.37 Å². The van der Waals surface area contributed by atoms with Crippen LogP contribution in [0.2, 0.25) is 0 Å². The first-order valence-electron chi connectivity index (χ1n) is 8.45. The summed E-state index contributed by atoms with van der Waals surface area (Å²) in [6.07, 6.45) is 2.52. The van der Waals surface area contributed by atoms with Crippen LogP contribution < -0.4 is 5.32 Å². The Morgan fingerprint density at radius 3 is 2.50 bits per heavy atom. The molecule has 0 radical (unpaired) electrons. The number of carboxylic acids is 1. The van der Waals surface area contributed by atoms with Crippen molar-refractivity contribution in [3.8, 4) is 0 Å². The number of thioether (sulfide) groups is 1. The fraction of sp³-hybridized carbons (Fsp3) is 0.375. The molecular weight excluding hydrogens is 442 g/mol. The summed E-state index contributed by atoms with van der Waals surface area (Å²) in [4.78, 5) is 48.7. The van der Waals surface area contributed by atoms with Crippen molar-refractivity contribution in [3.63, 3.8) is 0 Å². The van der Waals surface area contributed by atoms with Crippen molar-refractivity contribution in [3.05, 3.63) is 35.8 Å². The molecular formula is C16H17N3O9S2. The van der Waals surface area contributed by atoms with E-state index in [1.807, 2.05) is 0 Å². The first kappa shape index (κ1) is 21.9. The average Bonchev–Trinajstić information content (AvgIpc) is 3.16. The Labute approximate surface area is 174 Å². The molecule has 1 fully saturated rings. The minimum Gasteiger partial charge on any atom is -0.477 e. The van der Waals surface area contributed by atoms with Gasteiger partial charge in [-0.1, -0.05) is 0 Å². The number of rotatable bonds is 7. The summed E-state index contributed by atoms with van der Waals surface area (Å²) in [6.45, 7) is 0.868. The van der Waals surface area contributed by atoms with Crippen molar-refractivity contribution >= 4 is 45.6 Å². The van der Waals surface area contributed by atoms with Crippen LogP contribution in [-0.4, -0.2) is 75.1 Å². The van der Waals surface area contributed by atoms with E-state index in [-0.39, 0.29) is 23.6 Å². The molecule has 162 valence electrons. The molecule has 0 saturated carbocycles. The quantitative estimate of drug-likeness (QED) is 0.265. The molecule has 12 nitrogen and oxygen atoms in total. The third-order valence-electron chi connectivity index (χ3n) is 4.40. The Bertz CT molecular complexity index is 1030. The number of carboxylic acid groups (broad SMARTS) is 1. The number of aromatic nitrogens is 1. The van der Waals surface area contributed by atoms with Gasteiger partial charge in [-0.3, -0.25) is 23.8 Å². The average molecular weight is 459 g/mol. The Morgan fingerprint density at radius 2 is 1.97 bits per heavy atom. The van der Waals surface area contributed by atoms with Crippen molar-refractivity contribution in [1.82, 2.24) is 14.8 Å². The van der Waals surface area contributed by atoms with Gasteiger partial charge >= 0.3 is 11.9 Å². The van der Waals surface area contributed by atoms with E-state index in [4.69, 9.17) is 4.74 Å². The SMILES string of the molecule is CC(=O)OCC1=C(C(=O)O)N2C(=O)C(NC(=O)C(n3cccc3)S(=O)(=O)O)C2SC1. The van der Waals surface area contributed by atoms with Gasteiger partial charge in [0, 0.05) is 30.6 Å². The van der Waals surface area contributed by atoms with E-state index < -0.39 is 50.7 Å². The van der Waals surface area contributed by atoms with E-state index in [0.29, 0.717) is 0 Å². The number of fused-ring (bicyclic) bond motifs is 1. The van der Waals surface area contributed by atoms with Gasteiger partial charge in [-0.15, -0.1) is 11.8 Å². The maximum absolute atomic E-state index is 12.6. The molecule has 1 aromatic rings. The highest BCUT2D eigenvalue weighted by Crippen LogP contribution is 2.40. The minimum absolute atomic E-state index is 0.120. The molecule has 3 atom stereocenters. The van der Waals surface area contributed by atoms with Crippen molar-refractivity contribution in [2.45, 2.75) is 23.7 Å². The van der Waals surface area contributed by atoms with Gasteiger partial charge in [0.1, 0.15) is 23.7 Å². The predicted octanol–water partition coefficient (Wildman–Crippen LogP) is -0.824. The standard InChI is InChI=1S/C16H17N3O9S2/c1-8(20)28-6-9-7-29-14-10(13(22)19(14)11(9)16(23)24)17-12(21)15(30(25,26)27)18-4-2-3-5-18/h2-5,10,14-15H,6-7H2,1H3,(H,17,21)(H,23,24)(H,25,26,27). The lowest BCUT2D eigenvalue weighted by Gasteiger charge is -2.49. The smallest absolute Gasteiger partial charge is 0.352 e. The molecule has 1 saturated heterocycles. The maximum Gasteiger partial charge on any atom is 0.352 e. The molecule has 1 aromatic heterocycles. The Kier molecular flexibility index (Phi) is 5.92. The second-order valence-corrected chi connectivity index (χ2v) is 9.01. The first-order valence-corrected chi connectivity index (χ1v) is 11.0. The van der Waals surface area contributed by atoms with Gasteiger partial charge in [-0.2, -0.15) is 8.42 Å². The third kappa shape index (κ3) is 4.06. The normalized spacial score (nSPS) is 22.1. The molecule has 14 heteroatoms. The molecule has 2 amide bonds. The Balaban J connectivity index is 1.80. The topological polar surface area (TPSA) is 172 Å². The molecule has 3 heterocycles. The fourth-order valence-electron chi connectivity index (χ4n) is 3.14. The van der Waals surface area contributed by atoms with Crippen LogP contribution in [0.1, 0.15) is 12.3 Å². The van der Waals surface area contributed by atoms with Gasteiger partial charge in [-0.05, 0) is 12.1 Å². The molecule has 3 N–H and O–H groups in total. The molecule has 2 aliphatic heterocycles. The highest BCUT2D eigenvalue weighted by molar-refractivity contribution is 8.00. The molecule has 30 heavy (non-hydrogen) atoms. The van der Waals surface area contributed by atoms with Crippen LogP contribution in [0, 0.1) is 0 Å². The lowest BCUT2D eigenvalue weighted by Crippen LogP contribution is -2.71. The van der Waals surface area contributed by atoms with Gasteiger partial charge in [0.25, 0.3) is 21.9 Å². The summed E-state index contributed by atoms with van der Waals surface area (Å²) >= 11 is 1.12. The van der Waals surface area contributed by atoms with Gasteiger partial charge in [0.15, 0.2) is 0 Å². The lowest BCUT2D eigenvalue weighted by atomic mass is 10.0. The summed E-state index contributed by atoms with van der Waals surface area (Å²) < 4.78 is 38.6. The second kappa shape index (κ2) is 8.12. The van der Waals surface area contributed by atoms with E-state index in [1.165, 1.54) is 24.5 Å². The summed E-state index contributed by atoms with van der Waals surface area (Å²) in [7, 11) is -4.84. The Morgan fingerprint density at radius 1 is 1.33 bits per heavy atom. The van der Waals surface area contributed by atoms with E-state index in [0.717, 1.165) is 28.2 Å². The third-order valence-corrected chi connectivity index (χ3v) is 6.76. The number of aliphatic carboxylic acids is 1. The summed E-state index contributed by atoms with van der Waals surface area (Å²) in [5, 5.41) is 8.98. The molecule has 0 aromatic carbocycles. The van der Waals surface area contributed by atoms with Gasteiger partial charge < -0.3 is 19.7 Å². The van der Waals surface area contributed by atoms with Crippen LogP contribution in [0.3, 0.4) is 0 Å². The number of carbonyl (C=O) groups excluding carboxylic acids is 3. The highest BCUT2D eigenvalue weighted by Gasteiger charge is 2.55. The molecule has 2 aliphatic rings. The zero-order valence-electron chi connectivity index (χ0n) is 15.4. The molecule has 0 bridgehead atoms. The van der Waals surface area contributed by atoms with Gasteiger partial charge in [0.05, 0.1) is 0 Å². The zero-order chi connectivity index (χ0) is 22.2. The number of nitrogens with one attached hydrogen (secondary N) is 1. The maximum atomic E-state index is 12.6. The number of nitrogens with zero attached hydrogens (tertiary/aromatic N) is 2. The Hall–Kier alpha value is -2.84. The van der Waals surface area contributed by atoms with Crippen LogP contribution in [0.25, 0.3) is 0 Å². The number of esters is 1. The monoisotopic (exact) mass is 459 g/mol.